The Balaban J connectivity index is 2.10. The molecule has 106 valence electrons. The number of rotatable bonds is 3. The van der Waals surface area contributed by atoms with Crippen molar-refractivity contribution in [2.24, 2.45) is 11.1 Å². The summed E-state index contributed by atoms with van der Waals surface area (Å²) in [5, 5.41) is 0. The van der Waals surface area contributed by atoms with Gasteiger partial charge >= 0.3 is 0 Å². The predicted octanol–water partition coefficient (Wildman–Crippen LogP) is 4.49. The zero-order valence-corrected chi connectivity index (χ0v) is 13.8. The lowest BCUT2D eigenvalue weighted by atomic mass is 9.78. The zero-order valence-electron chi connectivity index (χ0n) is 12.2. The Kier molecular flexibility index (Phi) is 4.57. The zero-order chi connectivity index (χ0) is 14.0. The Hall–Kier alpha value is -0.540. The lowest BCUT2D eigenvalue weighted by Crippen LogP contribution is -2.38. The molecular formula is C16H25BrN2. The quantitative estimate of drug-likeness (QED) is 0.887. The second kappa shape index (κ2) is 5.84. The number of benzene rings is 1. The van der Waals surface area contributed by atoms with Crippen LogP contribution in [0.5, 0.6) is 0 Å². The van der Waals surface area contributed by atoms with Crippen molar-refractivity contribution in [3.8, 4) is 0 Å². The molecule has 19 heavy (non-hydrogen) atoms. The van der Waals surface area contributed by atoms with E-state index in [0.717, 1.165) is 17.6 Å². The van der Waals surface area contributed by atoms with Crippen LogP contribution in [-0.4, -0.2) is 13.1 Å². The Bertz CT molecular complexity index is 434. The van der Waals surface area contributed by atoms with Crippen molar-refractivity contribution in [3.63, 3.8) is 0 Å². The number of hydrogen-bond donors (Lipinski definition) is 1. The van der Waals surface area contributed by atoms with Crippen LogP contribution in [0.2, 0.25) is 0 Å². The van der Waals surface area contributed by atoms with Crippen LogP contribution >= 0.6 is 15.9 Å². The van der Waals surface area contributed by atoms with E-state index in [9.17, 15) is 0 Å². The van der Waals surface area contributed by atoms with Crippen LogP contribution in [0.25, 0.3) is 0 Å². The fraction of sp³-hybridized carbons (Fsp3) is 0.625. The molecule has 3 heteroatoms. The number of halogens is 1. The van der Waals surface area contributed by atoms with Gasteiger partial charge in [-0.1, -0.05) is 42.3 Å². The highest BCUT2D eigenvalue weighted by Gasteiger charge is 2.28. The van der Waals surface area contributed by atoms with Crippen LogP contribution in [0.15, 0.2) is 22.7 Å². The van der Waals surface area contributed by atoms with E-state index in [-0.39, 0.29) is 6.04 Å². The molecule has 1 aliphatic rings. The van der Waals surface area contributed by atoms with E-state index in [1.54, 1.807) is 0 Å². The average molecular weight is 325 g/mol. The Morgan fingerprint density at radius 3 is 2.47 bits per heavy atom. The first-order chi connectivity index (χ1) is 8.95. The van der Waals surface area contributed by atoms with Gasteiger partial charge < -0.3 is 10.6 Å². The molecule has 1 aromatic rings. The first-order valence-electron chi connectivity index (χ1n) is 7.25. The molecule has 1 aliphatic heterocycles. The van der Waals surface area contributed by atoms with Crippen LogP contribution in [0.3, 0.4) is 0 Å². The van der Waals surface area contributed by atoms with Crippen molar-refractivity contribution in [1.82, 2.24) is 0 Å². The maximum atomic E-state index is 5.95. The van der Waals surface area contributed by atoms with E-state index < -0.39 is 0 Å². The maximum absolute atomic E-state index is 5.95. The minimum absolute atomic E-state index is 0.0770. The fourth-order valence-electron chi connectivity index (χ4n) is 2.74. The summed E-state index contributed by atoms with van der Waals surface area (Å²) in [6.45, 7) is 9.07. The number of nitrogens with two attached hydrogens (primary N) is 1. The van der Waals surface area contributed by atoms with Crippen LogP contribution in [-0.2, 0) is 0 Å². The summed E-state index contributed by atoms with van der Waals surface area (Å²) in [6, 6.07) is 6.65. The summed E-state index contributed by atoms with van der Waals surface area (Å²) in [6.07, 6.45) is 3.86. The molecule has 1 atom stereocenters. The van der Waals surface area contributed by atoms with E-state index >= 15 is 0 Å². The molecule has 1 heterocycles. The Labute approximate surface area is 125 Å². The molecular weight excluding hydrogens is 300 g/mol. The first kappa shape index (κ1) is 14.9. The van der Waals surface area contributed by atoms with Gasteiger partial charge in [0, 0.05) is 29.3 Å². The van der Waals surface area contributed by atoms with Crippen molar-refractivity contribution in [1.29, 1.82) is 0 Å². The van der Waals surface area contributed by atoms with Gasteiger partial charge in [0.05, 0.1) is 0 Å². The molecule has 0 aromatic heterocycles. The van der Waals surface area contributed by atoms with Gasteiger partial charge in [-0.25, -0.2) is 0 Å². The molecule has 2 N–H and O–H groups in total. The summed E-state index contributed by atoms with van der Waals surface area (Å²) in [5.74, 6) is 0. The van der Waals surface area contributed by atoms with Gasteiger partial charge in [-0.15, -0.1) is 0 Å². The third-order valence-electron chi connectivity index (χ3n) is 4.66. The highest BCUT2D eigenvalue weighted by atomic mass is 79.9. The molecule has 1 unspecified atom stereocenters. The second-order valence-corrected chi connectivity index (χ2v) is 7.00. The standard InChI is InChI=1S/C16H25BrN2/c1-4-16(3)7-9-19(10-8-16)13-5-6-14(12(2)18)15(17)11-13/h5-6,11-12H,4,7-10,18H2,1-3H3. The number of nitrogens with zero attached hydrogens (tertiary/aromatic N) is 1. The molecule has 1 fully saturated rings. The molecule has 0 radical (unpaired) electrons. The fourth-order valence-corrected chi connectivity index (χ4v) is 3.47. The smallest absolute Gasteiger partial charge is 0.0377 e. The molecule has 2 rings (SSSR count). The van der Waals surface area contributed by atoms with Gasteiger partial charge in [-0.05, 0) is 42.9 Å². The van der Waals surface area contributed by atoms with E-state index in [0.29, 0.717) is 5.41 Å². The SMILES string of the molecule is CCC1(C)CCN(c2ccc(C(C)N)c(Br)c2)CC1. The highest BCUT2D eigenvalue weighted by Crippen LogP contribution is 2.36. The van der Waals surface area contributed by atoms with E-state index in [4.69, 9.17) is 5.73 Å². The molecule has 0 amide bonds. The molecule has 0 spiro atoms. The third kappa shape index (κ3) is 3.32. The summed E-state index contributed by atoms with van der Waals surface area (Å²) in [4.78, 5) is 2.49. The van der Waals surface area contributed by atoms with Crippen LogP contribution in [0.4, 0.5) is 5.69 Å². The molecule has 0 bridgehead atoms. The molecule has 0 saturated carbocycles. The van der Waals surface area contributed by atoms with Gasteiger partial charge in [0.2, 0.25) is 0 Å². The van der Waals surface area contributed by atoms with Crippen molar-refractivity contribution < 1.29 is 0 Å². The van der Waals surface area contributed by atoms with Crippen LogP contribution in [0.1, 0.15) is 51.6 Å². The summed E-state index contributed by atoms with van der Waals surface area (Å²) in [7, 11) is 0. The van der Waals surface area contributed by atoms with Crippen LogP contribution in [0, 0.1) is 5.41 Å². The van der Waals surface area contributed by atoms with E-state index in [1.165, 1.54) is 30.5 Å². The molecule has 2 nitrogen and oxygen atoms in total. The monoisotopic (exact) mass is 324 g/mol. The van der Waals surface area contributed by atoms with Gasteiger partial charge in [-0.3, -0.25) is 0 Å². The van der Waals surface area contributed by atoms with Crippen molar-refractivity contribution >= 4 is 21.6 Å². The number of hydrogen-bond acceptors (Lipinski definition) is 2. The summed E-state index contributed by atoms with van der Waals surface area (Å²) >= 11 is 3.64. The van der Waals surface area contributed by atoms with Crippen molar-refractivity contribution in [2.45, 2.75) is 46.1 Å². The van der Waals surface area contributed by atoms with Gasteiger partial charge in [0.25, 0.3) is 0 Å². The Morgan fingerprint density at radius 1 is 1.37 bits per heavy atom. The predicted molar refractivity (Wildman–Crippen MR) is 86.6 cm³/mol. The van der Waals surface area contributed by atoms with Crippen molar-refractivity contribution in [3.05, 3.63) is 28.2 Å². The third-order valence-corrected chi connectivity index (χ3v) is 5.35. The lowest BCUT2D eigenvalue weighted by molar-refractivity contribution is 0.238. The van der Waals surface area contributed by atoms with E-state index in [2.05, 4.69) is 52.9 Å². The van der Waals surface area contributed by atoms with Gasteiger partial charge in [0.15, 0.2) is 0 Å². The Morgan fingerprint density at radius 2 is 2.00 bits per heavy atom. The molecule has 0 aliphatic carbocycles. The number of anilines is 1. The lowest BCUT2D eigenvalue weighted by Gasteiger charge is -2.40. The summed E-state index contributed by atoms with van der Waals surface area (Å²) < 4.78 is 1.13. The summed E-state index contributed by atoms with van der Waals surface area (Å²) in [5.41, 5.74) is 8.99. The van der Waals surface area contributed by atoms with Gasteiger partial charge in [-0.2, -0.15) is 0 Å². The van der Waals surface area contributed by atoms with Crippen LogP contribution < -0.4 is 10.6 Å². The number of piperidine rings is 1. The van der Waals surface area contributed by atoms with E-state index in [1.807, 2.05) is 6.92 Å². The highest BCUT2D eigenvalue weighted by molar-refractivity contribution is 9.10. The minimum atomic E-state index is 0.0770. The van der Waals surface area contributed by atoms with Crippen molar-refractivity contribution in [2.75, 3.05) is 18.0 Å². The first-order valence-corrected chi connectivity index (χ1v) is 8.04. The minimum Gasteiger partial charge on any atom is -0.371 e. The topological polar surface area (TPSA) is 29.3 Å². The average Bonchev–Trinajstić information content (AvgIpc) is 2.39. The normalized spacial score (nSPS) is 20.4. The molecule has 1 aromatic carbocycles. The second-order valence-electron chi connectivity index (χ2n) is 6.15. The van der Waals surface area contributed by atoms with Gasteiger partial charge in [0.1, 0.15) is 0 Å². The maximum Gasteiger partial charge on any atom is 0.0377 e. The largest absolute Gasteiger partial charge is 0.371 e. The molecule has 1 saturated heterocycles.